The highest BCUT2D eigenvalue weighted by atomic mass is 35.5. The van der Waals surface area contributed by atoms with E-state index in [4.69, 9.17) is 14.2 Å². The second-order valence-electron chi connectivity index (χ2n) is 2.04. The van der Waals surface area contributed by atoms with Crippen LogP contribution in [0.3, 0.4) is 0 Å². The maximum absolute atomic E-state index is 5.22. The van der Waals surface area contributed by atoms with Crippen LogP contribution in [-0.4, -0.2) is 26.8 Å². The van der Waals surface area contributed by atoms with Crippen molar-refractivity contribution in [1.29, 1.82) is 0 Å². The molecule has 0 aromatic rings. The molecular formula is C6H13ClO3. The zero-order valence-corrected chi connectivity index (χ0v) is 7.02. The first-order chi connectivity index (χ1) is 4.36. The van der Waals surface area contributed by atoms with Crippen LogP contribution < -0.4 is 0 Å². The van der Waals surface area contributed by atoms with Crippen LogP contribution in [0.25, 0.3) is 0 Å². The molecule has 1 aliphatic heterocycles. The zero-order valence-electron chi connectivity index (χ0n) is 6.20. The van der Waals surface area contributed by atoms with Crippen molar-refractivity contribution < 1.29 is 14.2 Å². The van der Waals surface area contributed by atoms with E-state index in [2.05, 4.69) is 0 Å². The largest absolute Gasteiger partial charge is 0.356 e. The minimum atomic E-state index is -0.0463. The topological polar surface area (TPSA) is 27.7 Å². The van der Waals surface area contributed by atoms with E-state index in [0.29, 0.717) is 0 Å². The lowest BCUT2D eigenvalue weighted by Crippen LogP contribution is -2.13. The van der Waals surface area contributed by atoms with Crippen LogP contribution in [0.15, 0.2) is 0 Å². The number of hydrogen-bond donors (Lipinski definition) is 0. The molecule has 0 N–H and O–H groups in total. The molecule has 10 heavy (non-hydrogen) atoms. The van der Waals surface area contributed by atoms with Crippen molar-refractivity contribution in [2.24, 2.45) is 0 Å². The van der Waals surface area contributed by atoms with Crippen LogP contribution in [0, 0.1) is 0 Å². The average molecular weight is 169 g/mol. The number of ether oxygens (including phenoxy) is 3. The van der Waals surface area contributed by atoms with Crippen LogP contribution >= 0.6 is 12.4 Å². The molecule has 0 saturated carbocycles. The lowest BCUT2D eigenvalue weighted by atomic mass is 10.3. The Morgan fingerprint density at radius 3 is 1.70 bits per heavy atom. The molecule has 0 aliphatic carbocycles. The van der Waals surface area contributed by atoms with Crippen molar-refractivity contribution in [2.75, 3.05) is 14.2 Å². The van der Waals surface area contributed by atoms with Crippen LogP contribution in [-0.2, 0) is 14.2 Å². The Bertz CT molecular complexity index is 79.1. The van der Waals surface area contributed by atoms with Gasteiger partial charge in [-0.1, -0.05) is 0 Å². The van der Waals surface area contributed by atoms with Gasteiger partial charge in [0.05, 0.1) is 0 Å². The van der Waals surface area contributed by atoms with Gasteiger partial charge in [-0.3, -0.25) is 0 Å². The van der Waals surface area contributed by atoms with Crippen molar-refractivity contribution >= 4 is 12.4 Å². The average Bonchev–Trinajstić information content (AvgIpc) is 2.34. The Morgan fingerprint density at radius 1 is 1.10 bits per heavy atom. The quantitative estimate of drug-likeness (QED) is 0.620. The first-order valence-electron chi connectivity index (χ1n) is 3.08. The smallest absolute Gasteiger partial charge is 0.160 e. The minimum absolute atomic E-state index is 0. The molecular weight excluding hydrogens is 156 g/mol. The summed E-state index contributed by atoms with van der Waals surface area (Å²) >= 11 is 0. The number of halogens is 1. The van der Waals surface area contributed by atoms with E-state index in [0.717, 1.165) is 12.8 Å². The van der Waals surface area contributed by atoms with E-state index in [1.165, 1.54) is 0 Å². The third kappa shape index (κ3) is 2.42. The van der Waals surface area contributed by atoms with Gasteiger partial charge in [-0.15, -0.1) is 12.4 Å². The molecule has 0 spiro atoms. The van der Waals surface area contributed by atoms with Crippen molar-refractivity contribution in [2.45, 2.75) is 25.4 Å². The fourth-order valence-electron chi connectivity index (χ4n) is 0.924. The normalized spacial score (nSPS) is 31.8. The highest BCUT2D eigenvalue weighted by Crippen LogP contribution is 2.19. The molecule has 3 nitrogen and oxygen atoms in total. The standard InChI is InChI=1S/C6H12O3.ClH/c1-7-5-3-4-6(8-2)9-5;/h5-6H,3-4H2,1-2H3;1H. The SMILES string of the molecule is COC1CCC(OC)O1.Cl. The predicted octanol–water partition coefficient (Wildman–Crippen LogP) is 1.16. The molecule has 2 unspecified atom stereocenters. The van der Waals surface area contributed by atoms with Gasteiger partial charge in [-0.25, -0.2) is 0 Å². The minimum Gasteiger partial charge on any atom is -0.356 e. The van der Waals surface area contributed by atoms with Gasteiger partial charge in [-0.05, 0) is 0 Å². The van der Waals surface area contributed by atoms with E-state index in [-0.39, 0.29) is 25.0 Å². The molecule has 2 atom stereocenters. The third-order valence-electron chi connectivity index (χ3n) is 1.47. The molecule has 1 aliphatic rings. The third-order valence-corrected chi connectivity index (χ3v) is 1.47. The van der Waals surface area contributed by atoms with Gasteiger partial charge >= 0.3 is 0 Å². The van der Waals surface area contributed by atoms with Crippen LogP contribution in [0.2, 0.25) is 0 Å². The number of methoxy groups -OCH3 is 2. The van der Waals surface area contributed by atoms with E-state index < -0.39 is 0 Å². The molecule has 0 radical (unpaired) electrons. The molecule has 1 fully saturated rings. The highest BCUT2D eigenvalue weighted by Gasteiger charge is 2.23. The summed E-state index contributed by atoms with van der Waals surface area (Å²) < 4.78 is 15.1. The summed E-state index contributed by atoms with van der Waals surface area (Å²) in [5.41, 5.74) is 0. The molecule has 62 valence electrons. The molecule has 0 aromatic heterocycles. The Kier molecular flexibility index (Phi) is 4.99. The Balaban J connectivity index is 0.000000810. The van der Waals surface area contributed by atoms with Crippen molar-refractivity contribution in [1.82, 2.24) is 0 Å². The first-order valence-corrected chi connectivity index (χ1v) is 3.08. The van der Waals surface area contributed by atoms with E-state index in [1.807, 2.05) is 0 Å². The fourth-order valence-corrected chi connectivity index (χ4v) is 0.924. The molecule has 1 heterocycles. The number of rotatable bonds is 2. The highest BCUT2D eigenvalue weighted by molar-refractivity contribution is 5.85. The van der Waals surface area contributed by atoms with Crippen LogP contribution in [0.5, 0.6) is 0 Å². The second kappa shape index (κ2) is 4.91. The molecule has 0 aromatic carbocycles. The van der Waals surface area contributed by atoms with E-state index >= 15 is 0 Å². The van der Waals surface area contributed by atoms with E-state index in [1.54, 1.807) is 14.2 Å². The zero-order chi connectivity index (χ0) is 6.69. The van der Waals surface area contributed by atoms with Crippen LogP contribution in [0.4, 0.5) is 0 Å². The lowest BCUT2D eigenvalue weighted by Gasteiger charge is -2.09. The summed E-state index contributed by atoms with van der Waals surface area (Å²) in [6.07, 6.45) is 1.79. The summed E-state index contributed by atoms with van der Waals surface area (Å²) in [7, 11) is 3.28. The Morgan fingerprint density at radius 2 is 1.50 bits per heavy atom. The summed E-state index contributed by atoms with van der Waals surface area (Å²) in [6.45, 7) is 0. The van der Waals surface area contributed by atoms with Gasteiger partial charge in [-0.2, -0.15) is 0 Å². The maximum Gasteiger partial charge on any atom is 0.160 e. The van der Waals surface area contributed by atoms with Crippen molar-refractivity contribution in [3.63, 3.8) is 0 Å². The summed E-state index contributed by atoms with van der Waals surface area (Å²) in [6, 6.07) is 0. The van der Waals surface area contributed by atoms with Crippen molar-refractivity contribution in [3.05, 3.63) is 0 Å². The van der Waals surface area contributed by atoms with Gasteiger partial charge in [0.25, 0.3) is 0 Å². The predicted molar refractivity (Wildman–Crippen MR) is 39.2 cm³/mol. The molecule has 1 rings (SSSR count). The van der Waals surface area contributed by atoms with Crippen LogP contribution in [0.1, 0.15) is 12.8 Å². The Hall–Kier alpha value is 0.170. The van der Waals surface area contributed by atoms with Gasteiger partial charge in [0.1, 0.15) is 0 Å². The molecule has 4 heteroatoms. The summed E-state index contributed by atoms with van der Waals surface area (Å²) in [4.78, 5) is 0. The van der Waals surface area contributed by atoms with Gasteiger partial charge in [0.15, 0.2) is 12.6 Å². The van der Waals surface area contributed by atoms with E-state index in [9.17, 15) is 0 Å². The van der Waals surface area contributed by atoms with Crippen molar-refractivity contribution in [3.8, 4) is 0 Å². The monoisotopic (exact) mass is 168 g/mol. The molecule has 0 bridgehead atoms. The molecule has 0 amide bonds. The number of hydrogen-bond acceptors (Lipinski definition) is 3. The fraction of sp³-hybridized carbons (Fsp3) is 1.00. The maximum atomic E-state index is 5.22. The summed E-state index contributed by atoms with van der Waals surface area (Å²) in [5.74, 6) is 0. The summed E-state index contributed by atoms with van der Waals surface area (Å²) in [5, 5.41) is 0. The first kappa shape index (κ1) is 10.2. The van der Waals surface area contributed by atoms with Gasteiger partial charge < -0.3 is 14.2 Å². The van der Waals surface area contributed by atoms with Gasteiger partial charge in [0.2, 0.25) is 0 Å². The molecule has 1 saturated heterocycles. The lowest BCUT2D eigenvalue weighted by molar-refractivity contribution is -0.185. The van der Waals surface area contributed by atoms with Gasteiger partial charge in [0, 0.05) is 27.1 Å². The Labute approximate surface area is 67.1 Å². The second-order valence-corrected chi connectivity index (χ2v) is 2.04.